The Bertz CT molecular complexity index is 197. The van der Waals surface area contributed by atoms with Crippen LogP contribution in [0.4, 0.5) is 0 Å². The lowest BCUT2D eigenvalue weighted by Crippen LogP contribution is -2.11. The molecule has 1 rings (SSSR count). The standard InChI is InChI=1S/C5H11NO2S/c1-9(7,8)3-4-2-5(4)6/h4-5H,2-3,6H2,1H3. The van der Waals surface area contributed by atoms with E-state index in [1.165, 1.54) is 6.26 Å². The zero-order chi connectivity index (χ0) is 7.07. The molecule has 0 radical (unpaired) electrons. The van der Waals surface area contributed by atoms with E-state index in [1.807, 2.05) is 0 Å². The Hall–Kier alpha value is -0.0900. The highest BCUT2D eigenvalue weighted by molar-refractivity contribution is 7.90. The second-order valence-electron chi connectivity index (χ2n) is 2.75. The fraction of sp³-hybridized carbons (Fsp3) is 1.00. The molecule has 0 aromatic rings. The Morgan fingerprint density at radius 3 is 2.22 bits per heavy atom. The monoisotopic (exact) mass is 149 g/mol. The number of rotatable bonds is 2. The lowest BCUT2D eigenvalue weighted by molar-refractivity contribution is 0.597. The molecule has 0 aromatic heterocycles. The minimum Gasteiger partial charge on any atom is -0.327 e. The van der Waals surface area contributed by atoms with Crippen LogP contribution in [0.25, 0.3) is 0 Å². The molecule has 0 amide bonds. The maximum atomic E-state index is 10.6. The van der Waals surface area contributed by atoms with Gasteiger partial charge in [-0.3, -0.25) is 0 Å². The third-order valence-electron chi connectivity index (χ3n) is 1.49. The van der Waals surface area contributed by atoms with E-state index < -0.39 is 9.84 Å². The molecule has 1 aliphatic rings. The van der Waals surface area contributed by atoms with Crippen molar-refractivity contribution in [3.8, 4) is 0 Å². The summed E-state index contributed by atoms with van der Waals surface area (Å²) in [6.45, 7) is 0. The summed E-state index contributed by atoms with van der Waals surface area (Å²) in [5.41, 5.74) is 5.41. The molecule has 4 heteroatoms. The Labute approximate surface area is 55.2 Å². The van der Waals surface area contributed by atoms with E-state index in [1.54, 1.807) is 0 Å². The van der Waals surface area contributed by atoms with Gasteiger partial charge in [0.15, 0.2) is 0 Å². The fourth-order valence-corrected chi connectivity index (χ4v) is 2.01. The molecule has 1 fully saturated rings. The second-order valence-corrected chi connectivity index (χ2v) is 4.94. The zero-order valence-electron chi connectivity index (χ0n) is 5.37. The molecule has 2 unspecified atom stereocenters. The quantitative estimate of drug-likeness (QED) is 0.569. The Morgan fingerprint density at radius 2 is 2.11 bits per heavy atom. The van der Waals surface area contributed by atoms with Gasteiger partial charge in [0, 0.05) is 12.3 Å². The first kappa shape index (κ1) is 7.02. The molecule has 2 N–H and O–H groups in total. The van der Waals surface area contributed by atoms with Crippen molar-refractivity contribution in [3.05, 3.63) is 0 Å². The Balaban J connectivity index is 2.37. The molecule has 1 saturated carbocycles. The van der Waals surface area contributed by atoms with Gasteiger partial charge in [-0.1, -0.05) is 0 Å². The molecule has 0 aromatic carbocycles. The van der Waals surface area contributed by atoms with E-state index in [-0.39, 0.29) is 17.7 Å². The van der Waals surface area contributed by atoms with Crippen LogP contribution in [0, 0.1) is 5.92 Å². The van der Waals surface area contributed by atoms with Crippen molar-refractivity contribution in [1.82, 2.24) is 0 Å². The maximum Gasteiger partial charge on any atom is 0.147 e. The summed E-state index contributed by atoms with van der Waals surface area (Å²) >= 11 is 0. The smallest absolute Gasteiger partial charge is 0.147 e. The van der Waals surface area contributed by atoms with Crippen LogP contribution in [0.15, 0.2) is 0 Å². The van der Waals surface area contributed by atoms with Crippen LogP contribution in [0.5, 0.6) is 0 Å². The summed E-state index contributed by atoms with van der Waals surface area (Å²) in [6.07, 6.45) is 2.13. The van der Waals surface area contributed by atoms with Crippen LogP contribution in [0.1, 0.15) is 6.42 Å². The topological polar surface area (TPSA) is 60.2 Å². The number of nitrogens with two attached hydrogens (primary N) is 1. The van der Waals surface area contributed by atoms with Gasteiger partial charge in [0.05, 0.1) is 5.75 Å². The molecule has 0 heterocycles. The summed E-state index contributed by atoms with van der Waals surface area (Å²) in [6, 6.07) is 0.153. The van der Waals surface area contributed by atoms with Gasteiger partial charge in [0.1, 0.15) is 9.84 Å². The van der Waals surface area contributed by atoms with Crippen molar-refractivity contribution in [3.63, 3.8) is 0 Å². The molecule has 9 heavy (non-hydrogen) atoms. The van der Waals surface area contributed by atoms with Crippen molar-refractivity contribution in [2.24, 2.45) is 11.7 Å². The lowest BCUT2D eigenvalue weighted by atomic mass is 10.5. The molecule has 0 aliphatic heterocycles. The first-order valence-corrected chi connectivity index (χ1v) is 4.98. The largest absolute Gasteiger partial charge is 0.327 e. The molecule has 54 valence electrons. The SMILES string of the molecule is CS(=O)(=O)CC1CC1N. The number of hydrogen-bond donors (Lipinski definition) is 1. The van der Waals surface area contributed by atoms with Gasteiger partial charge in [-0.2, -0.15) is 0 Å². The maximum absolute atomic E-state index is 10.6. The minimum absolute atomic E-state index is 0.153. The average molecular weight is 149 g/mol. The molecular formula is C5H11NO2S. The van der Waals surface area contributed by atoms with Crippen LogP contribution in [0.3, 0.4) is 0 Å². The molecule has 0 spiro atoms. The molecule has 2 atom stereocenters. The Morgan fingerprint density at radius 1 is 1.67 bits per heavy atom. The van der Waals surface area contributed by atoms with Crippen LogP contribution >= 0.6 is 0 Å². The molecule has 0 bridgehead atoms. The normalized spacial score (nSPS) is 34.4. The third kappa shape index (κ3) is 2.32. The van der Waals surface area contributed by atoms with Crippen LogP contribution < -0.4 is 5.73 Å². The summed E-state index contributed by atoms with van der Waals surface area (Å²) in [5, 5.41) is 0. The second kappa shape index (κ2) is 1.95. The highest BCUT2D eigenvalue weighted by Crippen LogP contribution is 2.28. The number of sulfone groups is 1. The Kier molecular flexibility index (Phi) is 1.52. The van der Waals surface area contributed by atoms with Gasteiger partial charge in [-0.05, 0) is 12.3 Å². The predicted molar refractivity (Wildman–Crippen MR) is 35.8 cm³/mol. The molecule has 3 nitrogen and oxygen atoms in total. The molecule has 1 aliphatic carbocycles. The first-order chi connectivity index (χ1) is 3.99. The van der Waals surface area contributed by atoms with Gasteiger partial charge in [-0.25, -0.2) is 8.42 Å². The van der Waals surface area contributed by atoms with Crippen molar-refractivity contribution in [2.75, 3.05) is 12.0 Å². The lowest BCUT2D eigenvalue weighted by Gasteiger charge is -1.91. The summed E-state index contributed by atoms with van der Waals surface area (Å²) < 4.78 is 21.1. The van der Waals surface area contributed by atoms with Crippen LogP contribution in [-0.4, -0.2) is 26.5 Å². The van der Waals surface area contributed by atoms with Crippen molar-refractivity contribution in [2.45, 2.75) is 12.5 Å². The fourth-order valence-electron chi connectivity index (χ4n) is 0.852. The van der Waals surface area contributed by atoms with Crippen molar-refractivity contribution >= 4 is 9.84 Å². The van der Waals surface area contributed by atoms with Gasteiger partial charge < -0.3 is 5.73 Å². The third-order valence-corrected chi connectivity index (χ3v) is 2.53. The van der Waals surface area contributed by atoms with Crippen LogP contribution in [0.2, 0.25) is 0 Å². The van der Waals surface area contributed by atoms with E-state index in [2.05, 4.69) is 0 Å². The van der Waals surface area contributed by atoms with Crippen molar-refractivity contribution < 1.29 is 8.42 Å². The van der Waals surface area contributed by atoms with E-state index in [0.717, 1.165) is 6.42 Å². The van der Waals surface area contributed by atoms with E-state index in [9.17, 15) is 8.42 Å². The highest BCUT2D eigenvalue weighted by atomic mass is 32.2. The van der Waals surface area contributed by atoms with E-state index in [0.29, 0.717) is 0 Å². The van der Waals surface area contributed by atoms with Gasteiger partial charge in [0.25, 0.3) is 0 Å². The summed E-state index contributed by atoms with van der Waals surface area (Å²) in [5.74, 6) is 0.522. The molecular weight excluding hydrogens is 138 g/mol. The summed E-state index contributed by atoms with van der Waals surface area (Å²) in [7, 11) is -2.77. The average Bonchev–Trinajstić information content (AvgIpc) is 2.13. The highest BCUT2D eigenvalue weighted by Gasteiger charge is 2.35. The zero-order valence-corrected chi connectivity index (χ0v) is 6.19. The molecule has 0 saturated heterocycles. The van der Waals surface area contributed by atoms with Gasteiger partial charge in [-0.15, -0.1) is 0 Å². The van der Waals surface area contributed by atoms with Crippen LogP contribution in [-0.2, 0) is 9.84 Å². The van der Waals surface area contributed by atoms with E-state index in [4.69, 9.17) is 5.73 Å². The van der Waals surface area contributed by atoms with Crippen molar-refractivity contribution in [1.29, 1.82) is 0 Å². The minimum atomic E-state index is -2.77. The van der Waals surface area contributed by atoms with Gasteiger partial charge >= 0.3 is 0 Å². The van der Waals surface area contributed by atoms with E-state index >= 15 is 0 Å². The first-order valence-electron chi connectivity index (χ1n) is 2.92. The number of hydrogen-bond acceptors (Lipinski definition) is 3. The van der Waals surface area contributed by atoms with Gasteiger partial charge in [0.2, 0.25) is 0 Å². The predicted octanol–water partition coefficient (Wildman–Crippen LogP) is -0.622. The summed E-state index contributed by atoms with van der Waals surface area (Å²) in [4.78, 5) is 0.